The smallest absolute Gasteiger partial charge is 0.270 e. The van der Waals surface area contributed by atoms with Crippen molar-refractivity contribution in [3.8, 4) is 5.75 Å². The molecule has 0 aliphatic heterocycles. The highest BCUT2D eigenvalue weighted by atomic mass is 16.5. The Morgan fingerprint density at radius 3 is 2.41 bits per heavy atom. The van der Waals surface area contributed by atoms with E-state index in [0.717, 1.165) is 22.7 Å². The van der Waals surface area contributed by atoms with E-state index in [1.807, 2.05) is 36.4 Å². The predicted octanol–water partition coefficient (Wildman–Crippen LogP) is 3.72. The van der Waals surface area contributed by atoms with Crippen LogP contribution in [-0.2, 0) is 11.3 Å². The number of hydrogen-bond donors (Lipinski definition) is 3. The minimum atomic E-state index is -0.277. The van der Waals surface area contributed by atoms with Crippen molar-refractivity contribution in [1.29, 1.82) is 0 Å². The number of aromatic nitrogens is 1. The molecule has 0 spiro atoms. The normalized spacial score (nSPS) is 10.1. The molecule has 2 amide bonds. The number of benzene rings is 2. The van der Waals surface area contributed by atoms with Gasteiger partial charge in [-0.15, -0.1) is 0 Å². The molecule has 0 fully saturated rings. The second-order valence-corrected chi connectivity index (χ2v) is 6.31. The summed E-state index contributed by atoms with van der Waals surface area (Å²) in [7, 11) is 1.60. The summed E-state index contributed by atoms with van der Waals surface area (Å²) in [4.78, 5) is 27.7. The maximum atomic E-state index is 12.5. The highest BCUT2D eigenvalue weighted by Crippen LogP contribution is 2.20. The van der Waals surface area contributed by atoms with Gasteiger partial charge in [0, 0.05) is 42.3 Å². The molecular formula is C22H22N4O3. The molecule has 148 valence electrons. The second kappa shape index (κ2) is 9.36. The van der Waals surface area contributed by atoms with Crippen LogP contribution in [0.1, 0.15) is 23.0 Å². The maximum Gasteiger partial charge on any atom is 0.270 e. The van der Waals surface area contributed by atoms with Gasteiger partial charge in [0.25, 0.3) is 5.91 Å². The van der Waals surface area contributed by atoms with Gasteiger partial charge in [0.15, 0.2) is 0 Å². The summed E-state index contributed by atoms with van der Waals surface area (Å²) >= 11 is 0. The van der Waals surface area contributed by atoms with E-state index in [-0.39, 0.29) is 11.8 Å². The SMILES string of the molecule is COc1ccccc1CNC(=O)c1cc(Nc2ccc(NC(C)=O)cc2)ccn1. The van der Waals surface area contributed by atoms with Gasteiger partial charge in [-0.2, -0.15) is 0 Å². The summed E-state index contributed by atoms with van der Waals surface area (Å²) in [5.41, 5.74) is 3.46. The Hall–Kier alpha value is -3.87. The Labute approximate surface area is 169 Å². The van der Waals surface area contributed by atoms with Crippen LogP contribution in [0.5, 0.6) is 5.75 Å². The first-order valence-electron chi connectivity index (χ1n) is 9.06. The standard InChI is InChI=1S/C22H22N4O3/c1-15(27)25-17-7-9-18(10-8-17)26-19-11-12-23-20(13-19)22(28)24-14-16-5-3-4-6-21(16)29-2/h3-13H,14H2,1-2H3,(H,23,26)(H,24,28)(H,25,27). The molecule has 0 bridgehead atoms. The van der Waals surface area contributed by atoms with E-state index < -0.39 is 0 Å². The lowest BCUT2D eigenvalue weighted by Crippen LogP contribution is -2.24. The number of carbonyl (C=O) groups is 2. The zero-order valence-electron chi connectivity index (χ0n) is 16.2. The van der Waals surface area contributed by atoms with Gasteiger partial charge < -0.3 is 20.7 Å². The molecule has 2 aromatic carbocycles. The summed E-state index contributed by atoms with van der Waals surface area (Å²) in [6, 6.07) is 18.3. The van der Waals surface area contributed by atoms with Gasteiger partial charge in [0.1, 0.15) is 11.4 Å². The van der Waals surface area contributed by atoms with Crippen LogP contribution in [0.25, 0.3) is 0 Å². The highest BCUT2D eigenvalue weighted by Gasteiger charge is 2.10. The lowest BCUT2D eigenvalue weighted by Gasteiger charge is -2.11. The Bertz CT molecular complexity index is 1000. The molecule has 7 nitrogen and oxygen atoms in total. The first-order valence-corrected chi connectivity index (χ1v) is 9.06. The van der Waals surface area contributed by atoms with Crippen LogP contribution in [0, 0.1) is 0 Å². The molecule has 1 heterocycles. The Morgan fingerprint density at radius 1 is 0.966 bits per heavy atom. The third-order valence-electron chi connectivity index (χ3n) is 4.12. The van der Waals surface area contributed by atoms with E-state index in [0.29, 0.717) is 17.9 Å². The van der Waals surface area contributed by atoms with Gasteiger partial charge in [0.05, 0.1) is 7.11 Å². The van der Waals surface area contributed by atoms with Gasteiger partial charge in [-0.1, -0.05) is 18.2 Å². The third kappa shape index (κ3) is 5.55. The number of amides is 2. The van der Waals surface area contributed by atoms with E-state index in [1.54, 1.807) is 37.6 Å². The first-order chi connectivity index (χ1) is 14.0. The van der Waals surface area contributed by atoms with E-state index in [4.69, 9.17) is 4.74 Å². The van der Waals surface area contributed by atoms with Gasteiger partial charge in [-0.05, 0) is 42.5 Å². The second-order valence-electron chi connectivity index (χ2n) is 6.31. The number of methoxy groups -OCH3 is 1. The number of hydrogen-bond acceptors (Lipinski definition) is 5. The lowest BCUT2D eigenvalue weighted by molar-refractivity contribution is -0.114. The summed E-state index contributed by atoms with van der Waals surface area (Å²) in [6.07, 6.45) is 1.58. The van der Waals surface area contributed by atoms with Crippen molar-refractivity contribution in [2.45, 2.75) is 13.5 Å². The van der Waals surface area contributed by atoms with Crippen molar-refractivity contribution in [3.63, 3.8) is 0 Å². The fourth-order valence-corrected chi connectivity index (χ4v) is 2.75. The minimum Gasteiger partial charge on any atom is -0.496 e. The Kier molecular flexibility index (Phi) is 6.42. The zero-order chi connectivity index (χ0) is 20.6. The number of nitrogens with zero attached hydrogens (tertiary/aromatic N) is 1. The number of ether oxygens (including phenoxy) is 1. The monoisotopic (exact) mass is 390 g/mol. The Morgan fingerprint density at radius 2 is 1.69 bits per heavy atom. The number of pyridine rings is 1. The highest BCUT2D eigenvalue weighted by molar-refractivity contribution is 5.93. The van der Waals surface area contributed by atoms with Crippen LogP contribution in [0.2, 0.25) is 0 Å². The van der Waals surface area contributed by atoms with Crippen LogP contribution in [-0.4, -0.2) is 23.9 Å². The molecule has 1 aromatic heterocycles. The molecule has 7 heteroatoms. The van der Waals surface area contributed by atoms with Gasteiger partial charge in [0.2, 0.25) is 5.91 Å². The molecule has 0 aliphatic carbocycles. The first kappa shape index (κ1) is 19.9. The van der Waals surface area contributed by atoms with Crippen molar-refractivity contribution >= 4 is 28.9 Å². The van der Waals surface area contributed by atoms with Crippen molar-refractivity contribution in [1.82, 2.24) is 10.3 Å². The van der Waals surface area contributed by atoms with Gasteiger partial charge in [-0.3, -0.25) is 14.6 Å². The summed E-state index contributed by atoms with van der Waals surface area (Å²) < 4.78 is 5.30. The van der Waals surface area contributed by atoms with Gasteiger partial charge in [-0.25, -0.2) is 0 Å². The molecule has 0 radical (unpaired) electrons. The van der Waals surface area contributed by atoms with Crippen LogP contribution in [0.15, 0.2) is 66.9 Å². The molecule has 0 atom stereocenters. The van der Waals surface area contributed by atoms with E-state index >= 15 is 0 Å². The number of carbonyl (C=O) groups excluding carboxylic acids is 2. The van der Waals surface area contributed by atoms with E-state index in [9.17, 15) is 9.59 Å². The molecule has 3 aromatic rings. The van der Waals surface area contributed by atoms with Gasteiger partial charge >= 0.3 is 0 Å². The van der Waals surface area contributed by atoms with Crippen molar-refractivity contribution in [2.24, 2.45) is 0 Å². The summed E-state index contributed by atoms with van der Waals surface area (Å²) in [5.74, 6) is 0.322. The van der Waals surface area contributed by atoms with Crippen LogP contribution < -0.4 is 20.7 Å². The quantitative estimate of drug-likeness (QED) is 0.572. The lowest BCUT2D eigenvalue weighted by atomic mass is 10.2. The minimum absolute atomic E-state index is 0.122. The van der Waals surface area contributed by atoms with E-state index in [1.165, 1.54) is 6.92 Å². The van der Waals surface area contributed by atoms with Crippen molar-refractivity contribution in [3.05, 3.63) is 78.1 Å². The summed E-state index contributed by atoms with van der Waals surface area (Å²) in [6.45, 7) is 1.80. The summed E-state index contributed by atoms with van der Waals surface area (Å²) in [5, 5.41) is 8.79. The molecule has 0 unspecified atom stereocenters. The fraction of sp³-hybridized carbons (Fsp3) is 0.136. The van der Waals surface area contributed by atoms with E-state index in [2.05, 4.69) is 20.9 Å². The van der Waals surface area contributed by atoms with Crippen LogP contribution in [0.4, 0.5) is 17.1 Å². The molecular weight excluding hydrogens is 368 g/mol. The average molecular weight is 390 g/mol. The van der Waals surface area contributed by atoms with Crippen molar-refractivity contribution < 1.29 is 14.3 Å². The average Bonchev–Trinajstić information content (AvgIpc) is 2.73. The molecule has 0 aliphatic rings. The molecule has 0 saturated carbocycles. The maximum absolute atomic E-state index is 12.5. The number of para-hydroxylation sites is 1. The molecule has 29 heavy (non-hydrogen) atoms. The molecule has 0 saturated heterocycles. The fourth-order valence-electron chi connectivity index (χ4n) is 2.75. The van der Waals surface area contributed by atoms with Crippen LogP contribution in [0.3, 0.4) is 0 Å². The predicted molar refractivity (Wildman–Crippen MR) is 112 cm³/mol. The largest absolute Gasteiger partial charge is 0.496 e. The molecule has 3 N–H and O–H groups in total. The number of nitrogens with one attached hydrogen (secondary N) is 3. The Balaban J connectivity index is 1.64. The number of rotatable bonds is 7. The number of anilines is 3. The molecule has 3 rings (SSSR count). The topological polar surface area (TPSA) is 92.4 Å². The van der Waals surface area contributed by atoms with Crippen molar-refractivity contribution in [2.75, 3.05) is 17.7 Å². The zero-order valence-corrected chi connectivity index (χ0v) is 16.2. The third-order valence-corrected chi connectivity index (χ3v) is 4.12. The van der Waals surface area contributed by atoms with Crippen LogP contribution >= 0.6 is 0 Å².